The van der Waals surface area contributed by atoms with Gasteiger partial charge in [0.1, 0.15) is 25.0 Å². The number of aliphatic hydroxyl groups is 5. The molecule has 0 bridgehead atoms. The zero-order valence-corrected chi connectivity index (χ0v) is 9.85. The molecule has 8 heteroatoms. The molecule has 1 aromatic rings. The zero-order chi connectivity index (χ0) is 13.7. The highest BCUT2D eigenvalue weighted by molar-refractivity contribution is 5.95. The highest BCUT2D eigenvalue weighted by atomic mass is 16.4. The number of aromatic amines is 1. The van der Waals surface area contributed by atoms with Gasteiger partial charge in [-0.1, -0.05) is 0 Å². The molecule has 0 aliphatic heterocycles. The van der Waals surface area contributed by atoms with E-state index in [0.29, 0.717) is 11.5 Å². The summed E-state index contributed by atoms with van der Waals surface area (Å²) < 4.78 is 0. The maximum atomic E-state index is 9.73. The molecule has 0 amide bonds. The Morgan fingerprint density at radius 1 is 1.39 bits per heavy atom. The molecule has 0 saturated heterocycles. The van der Waals surface area contributed by atoms with E-state index < -0.39 is 24.9 Å². The fourth-order valence-corrected chi connectivity index (χ4v) is 1.35. The molecule has 0 unspecified atom stereocenters. The van der Waals surface area contributed by atoms with Crippen LogP contribution in [-0.2, 0) is 0 Å². The van der Waals surface area contributed by atoms with Gasteiger partial charge in [0.15, 0.2) is 5.82 Å². The third-order valence-electron chi connectivity index (χ3n) is 2.47. The van der Waals surface area contributed by atoms with Crippen LogP contribution in [0, 0.1) is 0 Å². The molecule has 0 aromatic carbocycles. The molecule has 0 aliphatic carbocycles. The lowest BCUT2D eigenvalue weighted by molar-refractivity contribution is -0.0788. The number of hydrogen-bond donors (Lipinski definition) is 6. The quantitative estimate of drug-likeness (QED) is 0.324. The van der Waals surface area contributed by atoms with E-state index in [-0.39, 0.29) is 12.4 Å². The summed E-state index contributed by atoms with van der Waals surface area (Å²) in [4.78, 5) is 10.3. The van der Waals surface area contributed by atoms with Gasteiger partial charge in [0.25, 0.3) is 0 Å². The van der Waals surface area contributed by atoms with Crippen LogP contribution in [0.25, 0.3) is 0 Å². The summed E-state index contributed by atoms with van der Waals surface area (Å²) in [6.07, 6.45) is -3.10. The van der Waals surface area contributed by atoms with Gasteiger partial charge >= 0.3 is 0 Å². The van der Waals surface area contributed by atoms with Crippen LogP contribution in [0.1, 0.15) is 24.5 Å². The SMILES string of the molecule is CC(=NCO)c1ncc([C@@H](O)[C@H](O)[C@H](O)CO)[nH]1. The molecule has 0 spiro atoms. The second-order valence-electron chi connectivity index (χ2n) is 3.76. The van der Waals surface area contributed by atoms with Gasteiger partial charge in [0.2, 0.25) is 0 Å². The van der Waals surface area contributed by atoms with Crippen molar-refractivity contribution in [1.82, 2.24) is 9.97 Å². The van der Waals surface area contributed by atoms with Crippen molar-refractivity contribution in [2.24, 2.45) is 4.99 Å². The Bertz CT molecular complexity index is 406. The highest BCUT2D eigenvalue weighted by Crippen LogP contribution is 2.17. The molecule has 3 atom stereocenters. The van der Waals surface area contributed by atoms with Gasteiger partial charge in [-0.05, 0) is 6.92 Å². The average Bonchev–Trinajstić information content (AvgIpc) is 2.86. The summed E-state index contributed by atoms with van der Waals surface area (Å²) in [5, 5.41) is 45.8. The summed E-state index contributed by atoms with van der Waals surface area (Å²) in [6, 6.07) is 0. The minimum absolute atomic E-state index is 0.178. The van der Waals surface area contributed by atoms with E-state index in [1.807, 2.05) is 0 Å². The molecule has 1 aromatic heterocycles. The second-order valence-corrected chi connectivity index (χ2v) is 3.76. The first-order chi connectivity index (χ1) is 8.51. The predicted molar refractivity (Wildman–Crippen MR) is 61.9 cm³/mol. The van der Waals surface area contributed by atoms with Crippen LogP contribution in [0.3, 0.4) is 0 Å². The van der Waals surface area contributed by atoms with Gasteiger partial charge < -0.3 is 30.5 Å². The van der Waals surface area contributed by atoms with Crippen molar-refractivity contribution in [3.05, 3.63) is 17.7 Å². The summed E-state index contributed by atoms with van der Waals surface area (Å²) >= 11 is 0. The Morgan fingerprint density at radius 3 is 2.61 bits per heavy atom. The van der Waals surface area contributed by atoms with E-state index in [1.165, 1.54) is 6.20 Å². The number of nitrogens with zero attached hydrogens (tertiary/aromatic N) is 2. The van der Waals surface area contributed by atoms with Crippen molar-refractivity contribution in [2.75, 3.05) is 13.3 Å². The van der Waals surface area contributed by atoms with Crippen molar-refractivity contribution < 1.29 is 25.5 Å². The predicted octanol–water partition coefficient (Wildman–Crippen LogP) is -2.08. The van der Waals surface area contributed by atoms with Gasteiger partial charge in [0, 0.05) is 0 Å². The zero-order valence-electron chi connectivity index (χ0n) is 9.85. The first kappa shape index (κ1) is 14.7. The largest absolute Gasteiger partial charge is 0.394 e. The number of nitrogens with one attached hydrogen (secondary N) is 1. The monoisotopic (exact) mass is 259 g/mol. The first-order valence-corrected chi connectivity index (χ1v) is 5.33. The van der Waals surface area contributed by atoms with Crippen molar-refractivity contribution in [2.45, 2.75) is 25.2 Å². The molecule has 102 valence electrons. The van der Waals surface area contributed by atoms with Gasteiger partial charge in [-0.25, -0.2) is 4.98 Å². The molecule has 6 N–H and O–H groups in total. The first-order valence-electron chi connectivity index (χ1n) is 5.33. The molecular weight excluding hydrogens is 242 g/mol. The Balaban J connectivity index is 2.82. The molecule has 18 heavy (non-hydrogen) atoms. The maximum absolute atomic E-state index is 9.73. The molecule has 1 heterocycles. The normalized spacial score (nSPS) is 17.6. The molecule has 8 nitrogen and oxygen atoms in total. The number of aromatic nitrogens is 2. The third-order valence-corrected chi connectivity index (χ3v) is 2.47. The number of aliphatic hydroxyl groups excluding tert-OH is 5. The molecule has 0 aliphatic rings. The van der Waals surface area contributed by atoms with E-state index >= 15 is 0 Å². The van der Waals surface area contributed by atoms with Crippen LogP contribution < -0.4 is 0 Å². The van der Waals surface area contributed by atoms with E-state index in [4.69, 9.17) is 10.2 Å². The fourth-order valence-electron chi connectivity index (χ4n) is 1.35. The average molecular weight is 259 g/mol. The Hall–Kier alpha value is -1.32. The topological polar surface area (TPSA) is 142 Å². The highest BCUT2D eigenvalue weighted by Gasteiger charge is 2.27. The Kier molecular flexibility index (Phi) is 5.38. The fraction of sp³-hybridized carbons (Fsp3) is 0.600. The molecule has 0 radical (unpaired) electrons. The third kappa shape index (κ3) is 3.34. The molecular formula is C10H17N3O5. The molecule has 0 saturated carbocycles. The summed E-state index contributed by atoms with van der Waals surface area (Å²) in [5.41, 5.74) is 0.616. The van der Waals surface area contributed by atoms with Crippen LogP contribution in [-0.4, -0.2) is 66.8 Å². The van der Waals surface area contributed by atoms with Crippen LogP contribution in [0.15, 0.2) is 11.2 Å². The van der Waals surface area contributed by atoms with Crippen molar-refractivity contribution in [3.8, 4) is 0 Å². The van der Waals surface area contributed by atoms with Gasteiger partial charge in [0.05, 0.1) is 24.2 Å². The lowest BCUT2D eigenvalue weighted by Crippen LogP contribution is -2.34. The number of aliphatic imine (C=N–C) groups is 1. The standard InChI is InChI=1S/C10H17N3O5/c1-5(12-4-15)10-11-2-6(13-10)8(17)9(18)7(16)3-14/h2,7-9,14-18H,3-4H2,1H3,(H,11,13)/t7-,8-,9-/m1/s1. The van der Waals surface area contributed by atoms with Crippen molar-refractivity contribution in [3.63, 3.8) is 0 Å². The van der Waals surface area contributed by atoms with E-state index in [0.717, 1.165) is 0 Å². The minimum atomic E-state index is -1.53. The summed E-state index contributed by atoms with van der Waals surface area (Å²) in [7, 11) is 0. The minimum Gasteiger partial charge on any atom is -0.394 e. The number of imidazole rings is 1. The van der Waals surface area contributed by atoms with Crippen LogP contribution in [0.5, 0.6) is 0 Å². The molecule has 1 rings (SSSR count). The van der Waals surface area contributed by atoms with Crippen LogP contribution in [0.2, 0.25) is 0 Å². The van der Waals surface area contributed by atoms with E-state index in [1.54, 1.807) is 6.92 Å². The Morgan fingerprint density at radius 2 is 2.06 bits per heavy atom. The smallest absolute Gasteiger partial charge is 0.151 e. The van der Waals surface area contributed by atoms with Crippen molar-refractivity contribution >= 4 is 5.71 Å². The van der Waals surface area contributed by atoms with Crippen molar-refractivity contribution in [1.29, 1.82) is 0 Å². The van der Waals surface area contributed by atoms with E-state index in [2.05, 4.69) is 15.0 Å². The lowest BCUT2D eigenvalue weighted by atomic mass is 10.1. The van der Waals surface area contributed by atoms with Crippen LogP contribution in [0.4, 0.5) is 0 Å². The number of rotatable bonds is 6. The van der Waals surface area contributed by atoms with Gasteiger partial charge in [-0.15, -0.1) is 0 Å². The van der Waals surface area contributed by atoms with Gasteiger partial charge in [-0.3, -0.25) is 4.99 Å². The van der Waals surface area contributed by atoms with E-state index in [9.17, 15) is 15.3 Å². The molecule has 0 fully saturated rings. The Labute approximate surface area is 103 Å². The van der Waals surface area contributed by atoms with Gasteiger partial charge in [-0.2, -0.15) is 0 Å². The maximum Gasteiger partial charge on any atom is 0.151 e. The summed E-state index contributed by atoms with van der Waals surface area (Å²) in [5.74, 6) is 0.337. The lowest BCUT2D eigenvalue weighted by Gasteiger charge is -2.20. The van der Waals surface area contributed by atoms with Crippen LogP contribution >= 0.6 is 0 Å². The summed E-state index contributed by atoms with van der Waals surface area (Å²) in [6.45, 7) is 0.574. The second kappa shape index (κ2) is 6.57. The number of hydrogen-bond acceptors (Lipinski definition) is 7. The number of H-pyrrole nitrogens is 1.